The van der Waals surface area contributed by atoms with E-state index in [4.69, 9.17) is 9.47 Å². The summed E-state index contributed by atoms with van der Waals surface area (Å²) in [6.45, 7) is 0. The van der Waals surface area contributed by atoms with Gasteiger partial charge in [0.2, 0.25) is 0 Å². The van der Waals surface area contributed by atoms with Crippen LogP contribution < -0.4 is 0 Å². The maximum Gasteiger partial charge on any atom is 0.309 e. The van der Waals surface area contributed by atoms with E-state index in [0.717, 1.165) is 11.1 Å². The second-order valence-corrected chi connectivity index (χ2v) is 4.44. The molecule has 0 aliphatic heterocycles. The van der Waals surface area contributed by atoms with E-state index in [1.165, 1.54) is 14.2 Å². The third-order valence-electron chi connectivity index (χ3n) is 3.49. The quantitative estimate of drug-likeness (QED) is 0.742. The Bertz CT molecular complexity index is 424. The van der Waals surface area contributed by atoms with Crippen molar-refractivity contribution in [2.24, 2.45) is 11.8 Å². The maximum atomic E-state index is 11.8. The average molecular weight is 248 g/mol. The van der Waals surface area contributed by atoms with Gasteiger partial charge in [0.05, 0.1) is 26.1 Å². The molecule has 18 heavy (non-hydrogen) atoms. The smallest absolute Gasteiger partial charge is 0.309 e. The lowest BCUT2D eigenvalue weighted by molar-refractivity contribution is -0.158. The molecule has 0 bridgehead atoms. The summed E-state index contributed by atoms with van der Waals surface area (Å²) >= 11 is 0. The zero-order chi connectivity index (χ0) is 13.1. The molecule has 0 spiro atoms. The molecule has 1 aromatic rings. The normalized spacial score (nSPS) is 21.9. The van der Waals surface area contributed by atoms with Gasteiger partial charge in [-0.15, -0.1) is 0 Å². The summed E-state index contributed by atoms with van der Waals surface area (Å²) in [6.07, 6.45) is 1.06. The number of hydrogen-bond donors (Lipinski definition) is 0. The van der Waals surface area contributed by atoms with Crippen molar-refractivity contribution >= 4 is 11.9 Å². The molecule has 2 rings (SSSR count). The molecule has 0 amide bonds. The Hall–Kier alpha value is -1.84. The molecule has 0 N–H and O–H groups in total. The molecule has 2 unspecified atom stereocenters. The van der Waals surface area contributed by atoms with E-state index in [9.17, 15) is 9.59 Å². The van der Waals surface area contributed by atoms with Gasteiger partial charge in [0.1, 0.15) is 0 Å². The third-order valence-corrected chi connectivity index (χ3v) is 3.49. The number of benzene rings is 1. The Morgan fingerprint density at radius 1 is 0.944 bits per heavy atom. The summed E-state index contributed by atoms with van der Waals surface area (Å²) in [5.74, 6) is -1.59. The monoisotopic (exact) mass is 248 g/mol. The first-order valence-electron chi connectivity index (χ1n) is 5.89. The van der Waals surface area contributed by atoms with Crippen molar-refractivity contribution in [2.45, 2.75) is 12.8 Å². The number of esters is 2. The first-order valence-corrected chi connectivity index (χ1v) is 5.89. The average Bonchev–Trinajstić information content (AvgIpc) is 2.44. The summed E-state index contributed by atoms with van der Waals surface area (Å²) in [5.41, 5.74) is 2.21. The first kappa shape index (κ1) is 12.6. The highest BCUT2D eigenvalue weighted by Crippen LogP contribution is 2.31. The van der Waals surface area contributed by atoms with E-state index in [1.54, 1.807) is 0 Å². The highest BCUT2D eigenvalue weighted by Gasteiger charge is 2.39. The van der Waals surface area contributed by atoms with Crippen LogP contribution in [-0.4, -0.2) is 26.2 Å². The molecule has 1 aliphatic rings. The van der Waals surface area contributed by atoms with E-state index < -0.39 is 11.8 Å². The SMILES string of the molecule is COC(=O)C1Cc2ccccc2CC1C(=O)OC. The van der Waals surface area contributed by atoms with Crippen LogP contribution in [0.4, 0.5) is 0 Å². The van der Waals surface area contributed by atoms with Gasteiger partial charge in [-0.1, -0.05) is 24.3 Å². The number of carbonyl (C=O) groups excluding carboxylic acids is 2. The fourth-order valence-electron chi connectivity index (χ4n) is 2.51. The summed E-state index contributed by atoms with van der Waals surface area (Å²) in [5, 5.41) is 0. The van der Waals surface area contributed by atoms with Crippen LogP contribution in [0.3, 0.4) is 0 Å². The molecule has 0 radical (unpaired) electrons. The van der Waals surface area contributed by atoms with Crippen molar-refractivity contribution in [3.63, 3.8) is 0 Å². The molecule has 4 heteroatoms. The highest BCUT2D eigenvalue weighted by atomic mass is 16.5. The summed E-state index contributed by atoms with van der Waals surface area (Å²) in [6, 6.07) is 7.84. The number of methoxy groups -OCH3 is 2. The standard InChI is InChI=1S/C14H16O4/c1-17-13(15)11-7-9-5-3-4-6-10(9)8-12(11)14(16)18-2/h3-6,11-12H,7-8H2,1-2H3. The van der Waals surface area contributed by atoms with Crippen LogP contribution in [0.5, 0.6) is 0 Å². The van der Waals surface area contributed by atoms with Crippen molar-refractivity contribution in [3.05, 3.63) is 35.4 Å². The minimum absolute atomic E-state index is 0.347. The molecule has 0 heterocycles. The Balaban J connectivity index is 2.33. The van der Waals surface area contributed by atoms with Crippen molar-refractivity contribution in [1.82, 2.24) is 0 Å². The third kappa shape index (κ3) is 2.23. The molecule has 0 saturated heterocycles. The fraction of sp³-hybridized carbons (Fsp3) is 0.429. The number of hydrogen-bond acceptors (Lipinski definition) is 4. The first-order chi connectivity index (χ1) is 8.67. The minimum Gasteiger partial charge on any atom is -0.469 e. The Labute approximate surface area is 106 Å². The van der Waals surface area contributed by atoms with E-state index in [1.807, 2.05) is 24.3 Å². The predicted octanol–water partition coefficient (Wildman–Crippen LogP) is 1.36. The molecule has 0 fully saturated rings. The number of ether oxygens (including phenoxy) is 2. The molecule has 0 aromatic heterocycles. The molecule has 1 aromatic carbocycles. The van der Waals surface area contributed by atoms with Crippen LogP contribution in [0.2, 0.25) is 0 Å². The van der Waals surface area contributed by atoms with Gasteiger partial charge < -0.3 is 9.47 Å². The molecule has 0 saturated carbocycles. The molecule has 4 nitrogen and oxygen atoms in total. The molecular weight excluding hydrogens is 232 g/mol. The van der Waals surface area contributed by atoms with Crippen LogP contribution in [0.25, 0.3) is 0 Å². The van der Waals surface area contributed by atoms with Crippen molar-refractivity contribution in [3.8, 4) is 0 Å². The zero-order valence-corrected chi connectivity index (χ0v) is 10.5. The lowest BCUT2D eigenvalue weighted by atomic mass is 9.76. The Morgan fingerprint density at radius 2 is 1.33 bits per heavy atom. The van der Waals surface area contributed by atoms with Crippen molar-refractivity contribution in [2.75, 3.05) is 14.2 Å². The van der Waals surface area contributed by atoms with Crippen LogP contribution in [0.15, 0.2) is 24.3 Å². The number of rotatable bonds is 2. The fourth-order valence-corrected chi connectivity index (χ4v) is 2.51. The van der Waals surface area contributed by atoms with Crippen LogP contribution in [-0.2, 0) is 31.9 Å². The summed E-state index contributed by atoms with van der Waals surface area (Å²) in [4.78, 5) is 23.6. The lowest BCUT2D eigenvalue weighted by Crippen LogP contribution is -2.37. The molecule has 1 aliphatic carbocycles. The number of fused-ring (bicyclic) bond motifs is 1. The van der Waals surface area contributed by atoms with E-state index >= 15 is 0 Å². The van der Waals surface area contributed by atoms with Gasteiger partial charge in [0.15, 0.2) is 0 Å². The maximum absolute atomic E-state index is 11.8. The molecular formula is C14H16O4. The second-order valence-electron chi connectivity index (χ2n) is 4.44. The van der Waals surface area contributed by atoms with Crippen molar-refractivity contribution in [1.29, 1.82) is 0 Å². The topological polar surface area (TPSA) is 52.6 Å². The van der Waals surface area contributed by atoms with E-state index in [0.29, 0.717) is 12.8 Å². The van der Waals surface area contributed by atoms with Crippen LogP contribution >= 0.6 is 0 Å². The van der Waals surface area contributed by atoms with Gasteiger partial charge in [-0.2, -0.15) is 0 Å². The van der Waals surface area contributed by atoms with Gasteiger partial charge in [-0.05, 0) is 24.0 Å². The van der Waals surface area contributed by atoms with E-state index in [-0.39, 0.29) is 11.9 Å². The lowest BCUT2D eigenvalue weighted by Gasteiger charge is -2.29. The second kappa shape index (κ2) is 5.21. The zero-order valence-electron chi connectivity index (χ0n) is 10.5. The molecule has 96 valence electrons. The highest BCUT2D eigenvalue weighted by molar-refractivity contribution is 5.83. The Kier molecular flexibility index (Phi) is 3.65. The minimum atomic E-state index is -0.447. The molecule has 2 atom stereocenters. The van der Waals surface area contributed by atoms with E-state index in [2.05, 4.69) is 0 Å². The largest absolute Gasteiger partial charge is 0.469 e. The Morgan fingerprint density at radius 3 is 1.67 bits per heavy atom. The van der Waals surface area contributed by atoms with Crippen molar-refractivity contribution < 1.29 is 19.1 Å². The predicted molar refractivity (Wildman–Crippen MR) is 64.9 cm³/mol. The van der Waals surface area contributed by atoms with Gasteiger partial charge in [0, 0.05) is 0 Å². The van der Waals surface area contributed by atoms with Crippen LogP contribution in [0.1, 0.15) is 11.1 Å². The van der Waals surface area contributed by atoms with Gasteiger partial charge >= 0.3 is 11.9 Å². The number of carbonyl (C=O) groups is 2. The van der Waals surface area contributed by atoms with Gasteiger partial charge in [-0.3, -0.25) is 9.59 Å². The van der Waals surface area contributed by atoms with Crippen LogP contribution in [0, 0.1) is 11.8 Å². The summed E-state index contributed by atoms with van der Waals surface area (Å²) in [7, 11) is 2.69. The van der Waals surface area contributed by atoms with Gasteiger partial charge in [-0.25, -0.2) is 0 Å². The van der Waals surface area contributed by atoms with Gasteiger partial charge in [0.25, 0.3) is 0 Å². The summed E-state index contributed by atoms with van der Waals surface area (Å²) < 4.78 is 9.57.